The van der Waals surface area contributed by atoms with Crippen LogP contribution in [-0.4, -0.2) is 11.8 Å². The molecule has 0 bridgehead atoms. The lowest BCUT2D eigenvalue weighted by molar-refractivity contribution is -0.134. The summed E-state index contributed by atoms with van der Waals surface area (Å²) in [5.74, 6) is 2.86. The summed E-state index contributed by atoms with van der Waals surface area (Å²) in [4.78, 5) is 25.0. The second-order valence-electron chi connectivity index (χ2n) is 12.3. The molecule has 3 heteroatoms. The van der Waals surface area contributed by atoms with E-state index in [9.17, 15) is 9.59 Å². The van der Waals surface area contributed by atoms with Crippen LogP contribution in [0.15, 0.2) is 30.4 Å². The van der Waals surface area contributed by atoms with Crippen molar-refractivity contribution in [2.45, 2.75) is 135 Å². The Morgan fingerprint density at radius 2 is 1.68 bits per heavy atom. The molecule has 0 heterocycles. The van der Waals surface area contributed by atoms with E-state index in [1.165, 1.54) is 56.1 Å². The van der Waals surface area contributed by atoms with Gasteiger partial charge in [0.2, 0.25) is 0 Å². The van der Waals surface area contributed by atoms with E-state index in [0.717, 1.165) is 64.2 Å². The number of aryl methyl sites for hydroxylation is 1. The molecule has 1 aromatic carbocycles. The monoisotopic (exact) mass is 506 g/mol. The van der Waals surface area contributed by atoms with Gasteiger partial charge in [-0.3, -0.25) is 9.59 Å². The van der Waals surface area contributed by atoms with Crippen LogP contribution in [0.1, 0.15) is 140 Å². The van der Waals surface area contributed by atoms with Crippen LogP contribution in [0.3, 0.4) is 0 Å². The zero-order valence-electron chi connectivity index (χ0n) is 23.6. The summed E-state index contributed by atoms with van der Waals surface area (Å²) < 4.78 is 5.73. The zero-order chi connectivity index (χ0) is 26.1. The van der Waals surface area contributed by atoms with Gasteiger partial charge >= 0.3 is 5.97 Å². The molecule has 1 aromatic rings. The van der Waals surface area contributed by atoms with Crippen molar-refractivity contribution in [1.82, 2.24) is 0 Å². The second-order valence-corrected chi connectivity index (χ2v) is 12.3. The smallest absolute Gasteiger partial charge is 0.311 e. The van der Waals surface area contributed by atoms with Crippen molar-refractivity contribution in [3.8, 4) is 5.75 Å². The van der Waals surface area contributed by atoms with Crippen molar-refractivity contribution in [2.24, 2.45) is 17.3 Å². The summed E-state index contributed by atoms with van der Waals surface area (Å²) in [5.41, 5.74) is 2.73. The molecule has 0 unspecified atom stereocenters. The summed E-state index contributed by atoms with van der Waals surface area (Å²) in [6, 6.07) is 6.33. The number of Topliss-reactive ketones (excluding diaryl/α,β-unsaturated/α-hetero) is 1. The fraction of sp³-hybridized carbons (Fsp3) is 0.706. The number of fused-ring (bicyclic) bond motifs is 5. The van der Waals surface area contributed by atoms with Crippen LogP contribution in [0, 0.1) is 17.3 Å². The highest BCUT2D eigenvalue weighted by atomic mass is 16.5. The first-order chi connectivity index (χ1) is 18.0. The highest BCUT2D eigenvalue weighted by Gasteiger charge is 2.54. The maximum Gasteiger partial charge on any atom is 0.311 e. The van der Waals surface area contributed by atoms with E-state index >= 15 is 0 Å². The normalized spacial score (nSPS) is 26.6. The summed E-state index contributed by atoms with van der Waals surface area (Å²) in [7, 11) is 0. The Hall–Kier alpha value is -1.90. The molecule has 0 radical (unpaired) electrons. The summed E-state index contributed by atoms with van der Waals surface area (Å²) >= 11 is 0. The van der Waals surface area contributed by atoms with Crippen molar-refractivity contribution >= 4 is 11.8 Å². The van der Waals surface area contributed by atoms with Crippen LogP contribution in [0.5, 0.6) is 5.75 Å². The van der Waals surface area contributed by atoms with Gasteiger partial charge in [0.05, 0.1) is 0 Å². The van der Waals surface area contributed by atoms with E-state index in [1.54, 1.807) is 0 Å². The standard InChI is InChI=1S/C34H50O3/c1-3-4-5-6-7-8-9-10-11-12-13-14-15-16-33(36)37-27-18-20-28-26(25-27)17-19-30-29(28)23-24-34(2)31(30)21-22-32(34)35/h10-11,18,20,25,29-31H,3-9,12-17,19,21-24H2,1-2H3/t29-,30-,31+,34+/m1/s1. The van der Waals surface area contributed by atoms with Crippen LogP contribution < -0.4 is 4.74 Å². The lowest BCUT2D eigenvalue weighted by atomic mass is 9.55. The highest BCUT2D eigenvalue weighted by molar-refractivity contribution is 5.87. The molecule has 4 atom stereocenters. The Morgan fingerprint density at radius 3 is 2.46 bits per heavy atom. The van der Waals surface area contributed by atoms with Crippen LogP contribution in [-0.2, 0) is 16.0 Å². The third kappa shape index (κ3) is 7.15. The Kier molecular flexibility index (Phi) is 10.5. The molecule has 3 nitrogen and oxygen atoms in total. The molecule has 2 saturated carbocycles. The number of ketones is 1. The molecular weight excluding hydrogens is 456 g/mol. The summed E-state index contributed by atoms with van der Waals surface area (Å²) in [5, 5.41) is 0. The highest BCUT2D eigenvalue weighted by Crippen LogP contribution is 2.59. The molecule has 0 saturated heterocycles. The van der Waals surface area contributed by atoms with E-state index in [-0.39, 0.29) is 11.4 Å². The van der Waals surface area contributed by atoms with Crippen LogP contribution in [0.2, 0.25) is 0 Å². The van der Waals surface area contributed by atoms with E-state index in [2.05, 4.69) is 38.1 Å². The van der Waals surface area contributed by atoms with Gasteiger partial charge in [0.15, 0.2) is 0 Å². The number of allylic oxidation sites excluding steroid dienone is 2. The number of ether oxygens (including phenoxy) is 1. The fourth-order valence-corrected chi connectivity index (χ4v) is 7.56. The third-order valence-electron chi connectivity index (χ3n) is 9.78. The molecular formula is C34H50O3. The molecule has 0 aromatic heterocycles. The molecule has 2 fully saturated rings. The Balaban J connectivity index is 1.13. The van der Waals surface area contributed by atoms with Gasteiger partial charge in [-0.05, 0) is 105 Å². The molecule has 204 valence electrons. The van der Waals surface area contributed by atoms with Gasteiger partial charge < -0.3 is 4.74 Å². The third-order valence-corrected chi connectivity index (χ3v) is 9.78. The van der Waals surface area contributed by atoms with Gasteiger partial charge in [0.25, 0.3) is 0 Å². The Morgan fingerprint density at radius 1 is 0.946 bits per heavy atom. The number of hydrogen-bond donors (Lipinski definition) is 0. The van der Waals surface area contributed by atoms with Crippen molar-refractivity contribution in [2.75, 3.05) is 0 Å². The first-order valence-corrected chi connectivity index (χ1v) is 15.5. The SMILES string of the molecule is CCCCCCCCC=CCCCCCC(=O)Oc1ccc2c(c1)CC[C@@H]1[C@@H]2CC[C@]2(C)C(=O)CC[C@@H]12. The Bertz CT molecular complexity index is 931. The van der Waals surface area contributed by atoms with Crippen molar-refractivity contribution < 1.29 is 14.3 Å². The van der Waals surface area contributed by atoms with Gasteiger partial charge in [-0.1, -0.05) is 70.6 Å². The van der Waals surface area contributed by atoms with Gasteiger partial charge in [0.1, 0.15) is 11.5 Å². The fourth-order valence-electron chi connectivity index (χ4n) is 7.56. The Labute approximate surface area is 225 Å². The average Bonchev–Trinajstić information content (AvgIpc) is 3.20. The minimum atomic E-state index is -0.106. The van der Waals surface area contributed by atoms with E-state index in [0.29, 0.717) is 35.7 Å². The number of rotatable bonds is 14. The molecule has 3 aliphatic carbocycles. The quantitative estimate of drug-likeness (QED) is 0.109. The van der Waals surface area contributed by atoms with Crippen molar-refractivity contribution in [3.05, 3.63) is 41.5 Å². The van der Waals surface area contributed by atoms with Gasteiger partial charge in [-0.2, -0.15) is 0 Å². The lowest BCUT2D eigenvalue weighted by Crippen LogP contribution is -2.42. The molecule has 0 spiro atoms. The van der Waals surface area contributed by atoms with E-state index in [4.69, 9.17) is 4.74 Å². The van der Waals surface area contributed by atoms with Crippen molar-refractivity contribution in [1.29, 1.82) is 0 Å². The van der Waals surface area contributed by atoms with Crippen LogP contribution >= 0.6 is 0 Å². The van der Waals surface area contributed by atoms with Crippen LogP contribution in [0.25, 0.3) is 0 Å². The number of carbonyl (C=O) groups excluding carboxylic acids is 2. The summed E-state index contributed by atoms with van der Waals surface area (Å²) in [6.45, 7) is 4.50. The topological polar surface area (TPSA) is 43.4 Å². The molecule has 37 heavy (non-hydrogen) atoms. The van der Waals surface area contributed by atoms with Gasteiger partial charge in [-0.15, -0.1) is 0 Å². The number of carbonyl (C=O) groups is 2. The maximum atomic E-state index is 12.6. The average molecular weight is 507 g/mol. The van der Waals surface area contributed by atoms with Crippen LogP contribution in [0.4, 0.5) is 0 Å². The lowest BCUT2D eigenvalue weighted by Gasteiger charge is -2.48. The molecule has 0 aliphatic heterocycles. The first kappa shape index (κ1) is 28.1. The molecule has 0 amide bonds. The van der Waals surface area contributed by atoms with E-state index < -0.39 is 0 Å². The predicted molar refractivity (Wildman–Crippen MR) is 152 cm³/mol. The minimum absolute atomic E-state index is 0.0714. The number of benzene rings is 1. The first-order valence-electron chi connectivity index (χ1n) is 15.5. The second kappa shape index (κ2) is 13.8. The molecule has 3 aliphatic rings. The number of esters is 1. The number of unbranched alkanes of at least 4 members (excludes halogenated alkanes) is 9. The summed E-state index contributed by atoms with van der Waals surface area (Å²) in [6.07, 6.45) is 25.0. The predicted octanol–water partition coefficient (Wildman–Crippen LogP) is 9.27. The zero-order valence-corrected chi connectivity index (χ0v) is 23.6. The largest absolute Gasteiger partial charge is 0.427 e. The minimum Gasteiger partial charge on any atom is -0.427 e. The van der Waals surface area contributed by atoms with Crippen molar-refractivity contribution in [3.63, 3.8) is 0 Å². The molecule has 4 rings (SSSR count). The van der Waals surface area contributed by atoms with E-state index in [1.807, 2.05) is 6.07 Å². The maximum absolute atomic E-state index is 12.6. The van der Waals surface area contributed by atoms with Gasteiger partial charge in [0, 0.05) is 18.3 Å². The van der Waals surface area contributed by atoms with Gasteiger partial charge in [-0.25, -0.2) is 0 Å². The molecule has 0 N–H and O–H groups in total. The number of hydrogen-bond acceptors (Lipinski definition) is 3.